The summed E-state index contributed by atoms with van der Waals surface area (Å²) >= 11 is 0. The first-order valence-electron chi connectivity index (χ1n) is 4.54. The highest BCUT2D eigenvalue weighted by Gasteiger charge is 1.62. The second-order valence-electron chi connectivity index (χ2n) is 2.23. The molecule has 0 unspecified atom stereocenters. The van der Waals surface area contributed by atoms with Gasteiger partial charge in [-0.2, -0.15) is 0 Å². The molecule has 0 aliphatic rings. The van der Waals surface area contributed by atoms with Crippen LogP contribution in [-0.4, -0.2) is 60.7 Å². The summed E-state index contributed by atoms with van der Waals surface area (Å²) in [4.78, 5) is 0. The molecule has 0 bridgehead atoms. The molecule has 0 aliphatic heterocycles. The van der Waals surface area contributed by atoms with E-state index in [1.807, 2.05) is 17.1 Å². The highest BCUT2D eigenvalue weighted by Crippen LogP contribution is 1.54. The molecule has 0 aromatic carbocycles. The van der Waals surface area contributed by atoms with Gasteiger partial charge in [0, 0.05) is 0 Å². The second kappa shape index (κ2) is 29.3. The van der Waals surface area contributed by atoms with E-state index in [1.54, 1.807) is 0 Å². The number of hydrogen-bond acceptors (Lipinski definition) is 3. The third-order valence-electron chi connectivity index (χ3n) is 0.854. The van der Waals surface area contributed by atoms with E-state index in [0.29, 0.717) is 0 Å². The molecule has 0 radical (unpaired) electrons. The molecular weight excluding hydrogens is 289 g/mol. The first-order chi connectivity index (χ1) is 7.24. The smallest absolute Gasteiger partial charge is 0.170 e. The van der Waals surface area contributed by atoms with E-state index in [1.165, 1.54) is 0 Å². The van der Waals surface area contributed by atoms with E-state index in [4.69, 9.17) is 12.3 Å². The first kappa shape index (κ1) is 20.8. The van der Waals surface area contributed by atoms with E-state index in [2.05, 4.69) is 19.7 Å². The Hall–Kier alpha value is 0.401. The molecule has 0 rings (SSSR count). The van der Waals surface area contributed by atoms with Gasteiger partial charge in [-0.3, -0.25) is 0 Å². The monoisotopic (exact) mass is 312 g/mol. The summed E-state index contributed by atoms with van der Waals surface area (Å²) in [6, 6.07) is 0. The molecule has 0 saturated heterocycles. The lowest BCUT2D eigenvalue weighted by molar-refractivity contribution is 0.675. The predicted octanol–water partition coefficient (Wildman–Crippen LogP) is -4.47. The average Bonchev–Trinajstić information content (AvgIpc) is 2.23. The normalized spacial score (nSPS) is 10.4. The van der Waals surface area contributed by atoms with E-state index in [0.717, 1.165) is 31.5 Å². The number of rotatable bonds is 6. The molecule has 0 aromatic rings. The topological polar surface area (TPSA) is 27.7 Å². The minimum atomic E-state index is -0.242. The lowest BCUT2D eigenvalue weighted by Gasteiger charge is -1.79. The fourth-order valence-corrected chi connectivity index (χ4v) is 3.18. The summed E-state index contributed by atoms with van der Waals surface area (Å²) in [7, 11) is 1.94. The molecule has 15 heavy (non-hydrogen) atoms. The van der Waals surface area contributed by atoms with Crippen LogP contribution < -0.4 is 0 Å². The van der Waals surface area contributed by atoms with Crippen molar-refractivity contribution < 1.29 is 12.3 Å². The fraction of sp³-hybridized carbons (Fsp3) is 0. The molecule has 0 aliphatic carbocycles. The maximum atomic E-state index is 4.85. The zero-order valence-electron chi connectivity index (χ0n) is 10.2. The van der Waals surface area contributed by atoms with Gasteiger partial charge < -0.3 is 12.3 Å². The molecule has 90 valence electrons. The highest BCUT2D eigenvalue weighted by atomic mass is 28.3. The minimum absolute atomic E-state index is 0.242. The standard InChI is InChI=1S/3C2H8OSi2/c3*1-2-5-3-4/h3*2H,1,5H2,4H3. The molecule has 0 atom stereocenters. The Morgan fingerprint density at radius 1 is 0.667 bits per heavy atom. The Morgan fingerprint density at radius 2 is 0.867 bits per heavy atom. The van der Waals surface area contributed by atoms with Crippen LogP contribution in [0.4, 0.5) is 0 Å². The van der Waals surface area contributed by atoms with Crippen LogP contribution in [0.2, 0.25) is 0 Å². The van der Waals surface area contributed by atoms with E-state index in [-0.39, 0.29) is 29.3 Å². The summed E-state index contributed by atoms with van der Waals surface area (Å²) in [5.74, 6) is 0. The maximum Gasteiger partial charge on any atom is 0.170 e. The van der Waals surface area contributed by atoms with Crippen LogP contribution in [0.25, 0.3) is 0 Å². The van der Waals surface area contributed by atoms with Crippen molar-refractivity contribution >= 4 is 60.7 Å². The lowest BCUT2D eigenvalue weighted by atomic mass is 11.3. The molecule has 9 heteroatoms. The van der Waals surface area contributed by atoms with E-state index in [9.17, 15) is 0 Å². The minimum Gasteiger partial charge on any atom is -0.465 e. The first-order valence-corrected chi connectivity index (χ1v) is 11.2. The summed E-state index contributed by atoms with van der Waals surface area (Å²) in [6.07, 6.45) is 0. The van der Waals surface area contributed by atoms with Crippen molar-refractivity contribution in [3.8, 4) is 0 Å². The van der Waals surface area contributed by atoms with Gasteiger partial charge in [0.2, 0.25) is 0 Å². The Balaban J connectivity index is -0.000000144. The van der Waals surface area contributed by atoms with Crippen LogP contribution >= 0.6 is 0 Å². The van der Waals surface area contributed by atoms with Crippen molar-refractivity contribution in [1.29, 1.82) is 0 Å². The molecule has 0 aromatic heterocycles. The van der Waals surface area contributed by atoms with Crippen LogP contribution in [0, 0.1) is 0 Å². The third kappa shape index (κ3) is 54.1. The van der Waals surface area contributed by atoms with Crippen LogP contribution in [-0.2, 0) is 12.3 Å². The van der Waals surface area contributed by atoms with Crippen LogP contribution in [0.15, 0.2) is 36.8 Å². The summed E-state index contributed by atoms with van der Waals surface area (Å²) in [6.45, 7) is 10.5. The molecule has 3 nitrogen and oxygen atoms in total. The molecule has 0 saturated carbocycles. The van der Waals surface area contributed by atoms with Crippen molar-refractivity contribution in [3.05, 3.63) is 36.8 Å². The van der Waals surface area contributed by atoms with Gasteiger partial charge in [-0.05, 0) is 0 Å². The molecule has 0 fully saturated rings. The van der Waals surface area contributed by atoms with Crippen molar-refractivity contribution in [1.82, 2.24) is 0 Å². The van der Waals surface area contributed by atoms with Crippen molar-refractivity contribution in [3.63, 3.8) is 0 Å². The Morgan fingerprint density at radius 3 is 0.867 bits per heavy atom. The van der Waals surface area contributed by atoms with Crippen molar-refractivity contribution in [2.75, 3.05) is 0 Å². The summed E-state index contributed by atoms with van der Waals surface area (Å²) in [5.41, 5.74) is 5.65. The SMILES string of the molecule is C=C[SiH2]O[SiH3].C=C[SiH2]O[SiH3].C=C[SiH2]O[SiH3]. The molecule has 0 heterocycles. The van der Waals surface area contributed by atoms with Gasteiger partial charge in [0.05, 0.1) is 0 Å². The second-order valence-corrected chi connectivity index (χ2v) is 11.9. The summed E-state index contributed by atoms with van der Waals surface area (Å²) in [5, 5.41) is 0. The zero-order valence-corrected chi connectivity index (χ0v) is 20.4. The van der Waals surface area contributed by atoms with Gasteiger partial charge in [-0.15, -0.1) is 19.7 Å². The van der Waals surface area contributed by atoms with Crippen molar-refractivity contribution in [2.24, 2.45) is 0 Å². The number of hydrogen-bond donors (Lipinski definition) is 0. The average molecular weight is 313 g/mol. The van der Waals surface area contributed by atoms with Gasteiger partial charge >= 0.3 is 0 Å². The Bertz CT molecular complexity index is 110. The maximum absolute atomic E-state index is 4.85. The molecule has 0 amide bonds. The van der Waals surface area contributed by atoms with Crippen LogP contribution in [0.5, 0.6) is 0 Å². The molecular formula is C6H24O3Si6. The van der Waals surface area contributed by atoms with Gasteiger partial charge in [0.15, 0.2) is 29.3 Å². The molecule has 0 N–H and O–H groups in total. The Labute approximate surface area is 110 Å². The van der Waals surface area contributed by atoms with Crippen LogP contribution in [0.1, 0.15) is 0 Å². The third-order valence-corrected chi connectivity index (χ3v) is 5.56. The Kier molecular flexibility index (Phi) is 40.5. The van der Waals surface area contributed by atoms with E-state index < -0.39 is 0 Å². The van der Waals surface area contributed by atoms with Crippen LogP contribution in [0.3, 0.4) is 0 Å². The van der Waals surface area contributed by atoms with Gasteiger partial charge in [-0.25, -0.2) is 0 Å². The lowest BCUT2D eigenvalue weighted by Crippen LogP contribution is -1.85. The fourth-order valence-electron chi connectivity index (χ4n) is 0.354. The van der Waals surface area contributed by atoms with Gasteiger partial charge in [0.1, 0.15) is 31.5 Å². The quantitative estimate of drug-likeness (QED) is 0.463. The largest absolute Gasteiger partial charge is 0.465 e. The predicted molar refractivity (Wildman–Crippen MR) is 89.3 cm³/mol. The summed E-state index contributed by atoms with van der Waals surface area (Å²) < 4.78 is 14.6. The highest BCUT2D eigenvalue weighted by molar-refractivity contribution is 6.40. The van der Waals surface area contributed by atoms with Crippen molar-refractivity contribution in [2.45, 2.75) is 0 Å². The zero-order chi connectivity index (χ0) is 12.4. The molecule has 0 spiro atoms. The van der Waals surface area contributed by atoms with Gasteiger partial charge in [-0.1, -0.05) is 17.1 Å². The van der Waals surface area contributed by atoms with Gasteiger partial charge in [0.25, 0.3) is 0 Å². The van der Waals surface area contributed by atoms with E-state index >= 15 is 0 Å².